The van der Waals surface area contributed by atoms with Crippen LogP contribution in [0.2, 0.25) is 0 Å². The quantitative estimate of drug-likeness (QED) is 0.268. The summed E-state index contributed by atoms with van der Waals surface area (Å²) in [7, 11) is 0. The first-order valence-corrected chi connectivity index (χ1v) is 11.6. The number of aryl methyl sites for hydroxylation is 1. The molecule has 0 aliphatic rings. The van der Waals surface area contributed by atoms with E-state index in [4.69, 9.17) is 4.42 Å². The number of nitrogens with one attached hydrogen (secondary N) is 1. The van der Waals surface area contributed by atoms with Gasteiger partial charge in [0.2, 0.25) is 0 Å². The van der Waals surface area contributed by atoms with Gasteiger partial charge in [0, 0.05) is 26.9 Å². The first-order chi connectivity index (χ1) is 16.5. The van der Waals surface area contributed by atoms with Gasteiger partial charge in [-0.3, -0.25) is 4.79 Å². The number of aliphatic carboxylic acids is 1. The number of nitrogens with zero attached hydrogens (tertiary/aromatic N) is 1. The third-order valence-corrected chi connectivity index (χ3v) is 5.90. The highest BCUT2D eigenvalue weighted by Gasteiger charge is 2.20. The Morgan fingerprint density at radius 2 is 1.97 bits per heavy atom. The number of allylic oxidation sites excluding steroid dienone is 3. The normalized spacial score (nSPS) is 12.8. The Hall–Kier alpha value is -3.89. The largest absolute Gasteiger partial charge is 0.478 e. The van der Waals surface area contributed by atoms with Crippen LogP contribution in [0.4, 0.5) is 0 Å². The summed E-state index contributed by atoms with van der Waals surface area (Å²) in [4.78, 5) is 25.0. The molecule has 0 bridgehead atoms. The van der Waals surface area contributed by atoms with Gasteiger partial charge in [-0.1, -0.05) is 40.7 Å². The van der Waals surface area contributed by atoms with E-state index >= 15 is 0 Å². The Balaban J connectivity index is 2.23. The van der Waals surface area contributed by atoms with E-state index in [9.17, 15) is 20.0 Å². The molecule has 3 rings (SSSR count). The second kappa shape index (κ2) is 10.6. The van der Waals surface area contributed by atoms with E-state index in [-0.39, 0.29) is 11.0 Å². The molecule has 2 aromatic carbocycles. The molecule has 0 saturated heterocycles. The van der Waals surface area contributed by atoms with Crippen LogP contribution in [0.1, 0.15) is 42.1 Å². The number of carboxylic acid groups (broad SMARTS) is 1. The van der Waals surface area contributed by atoms with Crippen LogP contribution in [0.3, 0.4) is 0 Å². The van der Waals surface area contributed by atoms with Gasteiger partial charge in [0.25, 0.3) is 0 Å². The second-order valence-electron chi connectivity index (χ2n) is 8.30. The second-order valence-corrected chi connectivity index (χ2v) is 9.32. The summed E-state index contributed by atoms with van der Waals surface area (Å²) in [6, 6.07) is 12.3. The van der Waals surface area contributed by atoms with E-state index in [1.54, 1.807) is 49.4 Å². The lowest BCUT2D eigenvalue weighted by Gasteiger charge is -2.20. The molecule has 7 heteroatoms. The zero-order valence-electron chi connectivity index (χ0n) is 19.9. The fraction of sp³-hybridized carbons (Fsp3) is 0.179. The van der Waals surface area contributed by atoms with Crippen molar-refractivity contribution >= 4 is 32.9 Å². The zero-order chi connectivity index (χ0) is 25.9. The van der Waals surface area contributed by atoms with Gasteiger partial charge in [-0.2, -0.15) is 5.26 Å². The molecule has 0 fully saturated rings. The average molecular weight is 533 g/mol. The number of hydrogen-bond acceptors (Lipinski definition) is 5. The molecule has 35 heavy (non-hydrogen) atoms. The van der Waals surface area contributed by atoms with E-state index in [0.29, 0.717) is 49.2 Å². The topological polar surface area (TPSA) is 103 Å². The Kier molecular flexibility index (Phi) is 7.78. The van der Waals surface area contributed by atoms with Crippen molar-refractivity contribution in [1.82, 2.24) is 5.32 Å². The molecule has 3 aromatic rings. The van der Waals surface area contributed by atoms with Gasteiger partial charge in [-0.05, 0) is 63.6 Å². The lowest BCUT2D eigenvalue weighted by atomic mass is 9.98. The molecule has 178 valence electrons. The van der Waals surface area contributed by atoms with Crippen LogP contribution in [-0.4, -0.2) is 11.1 Å². The fourth-order valence-corrected chi connectivity index (χ4v) is 3.91. The van der Waals surface area contributed by atoms with E-state index in [1.807, 2.05) is 19.9 Å². The maximum absolute atomic E-state index is 13.3. The molecule has 0 spiro atoms. The molecule has 1 aromatic heterocycles. The Morgan fingerprint density at radius 3 is 2.60 bits per heavy atom. The van der Waals surface area contributed by atoms with E-state index in [0.717, 1.165) is 5.56 Å². The van der Waals surface area contributed by atoms with Gasteiger partial charge < -0.3 is 14.8 Å². The highest BCUT2D eigenvalue weighted by molar-refractivity contribution is 9.11. The Morgan fingerprint density at radius 1 is 1.26 bits per heavy atom. The molecule has 0 aliphatic heterocycles. The number of hydrogen-bond donors (Lipinski definition) is 2. The van der Waals surface area contributed by atoms with Crippen molar-refractivity contribution in [3.8, 4) is 17.4 Å². The molecular formula is C28H25BrN2O4. The standard InChI is InChI=1S/C28H25BrN2O4/c1-15-11-22(19(5)31-24(10-9-16(2)29)17(3)28(33)34)27-23(12-15)25(32)18(4)26(35-27)21-8-6-7-20(13-21)14-30/h6-13,19,31H,2H2,1,3-5H3,(H,33,34)/b10-9-,24-17-. The lowest BCUT2D eigenvalue weighted by Crippen LogP contribution is -2.21. The third-order valence-electron chi connectivity index (χ3n) is 5.64. The molecule has 1 unspecified atom stereocenters. The van der Waals surface area contributed by atoms with Crippen molar-refractivity contribution in [3.05, 3.63) is 103 Å². The molecule has 0 saturated carbocycles. The minimum absolute atomic E-state index is 0.130. The van der Waals surface area contributed by atoms with Crippen molar-refractivity contribution < 1.29 is 14.3 Å². The van der Waals surface area contributed by atoms with Gasteiger partial charge in [-0.25, -0.2) is 4.79 Å². The van der Waals surface area contributed by atoms with Crippen LogP contribution in [0.5, 0.6) is 0 Å². The van der Waals surface area contributed by atoms with Crippen molar-refractivity contribution in [1.29, 1.82) is 5.26 Å². The number of halogens is 1. The number of carboxylic acids is 1. The molecule has 0 radical (unpaired) electrons. The first kappa shape index (κ1) is 25.7. The highest BCUT2D eigenvalue weighted by atomic mass is 79.9. The third kappa shape index (κ3) is 5.61. The Bertz CT molecular complexity index is 1510. The highest BCUT2D eigenvalue weighted by Crippen LogP contribution is 2.31. The smallest absolute Gasteiger partial charge is 0.333 e. The van der Waals surface area contributed by atoms with Gasteiger partial charge in [0.15, 0.2) is 5.43 Å². The number of carbonyl (C=O) groups is 1. The van der Waals surface area contributed by atoms with Crippen LogP contribution < -0.4 is 10.7 Å². The maximum atomic E-state index is 13.3. The Labute approximate surface area is 212 Å². The molecule has 2 N–H and O–H groups in total. The van der Waals surface area contributed by atoms with Crippen molar-refractivity contribution in [2.75, 3.05) is 0 Å². The van der Waals surface area contributed by atoms with E-state index in [1.165, 1.54) is 6.92 Å². The van der Waals surface area contributed by atoms with Gasteiger partial charge in [-0.15, -0.1) is 0 Å². The van der Waals surface area contributed by atoms with Crippen molar-refractivity contribution in [3.63, 3.8) is 0 Å². The van der Waals surface area contributed by atoms with Crippen LogP contribution >= 0.6 is 15.9 Å². The summed E-state index contributed by atoms with van der Waals surface area (Å²) in [5.74, 6) is -0.662. The molecular weight excluding hydrogens is 508 g/mol. The van der Waals surface area contributed by atoms with Crippen LogP contribution in [0.25, 0.3) is 22.3 Å². The van der Waals surface area contributed by atoms with Crippen LogP contribution in [0.15, 0.2) is 80.1 Å². The van der Waals surface area contributed by atoms with Gasteiger partial charge in [0.1, 0.15) is 11.3 Å². The summed E-state index contributed by atoms with van der Waals surface area (Å²) >= 11 is 3.25. The molecule has 6 nitrogen and oxygen atoms in total. The van der Waals surface area contributed by atoms with Crippen molar-refractivity contribution in [2.24, 2.45) is 0 Å². The van der Waals surface area contributed by atoms with Gasteiger partial charge in [0.05, 0.1) is 28.6 Å². The number of fused-ring (bicyclic) bond motifs is 1. The van der Waals surface area contributed by atoms with E-state index in [2.05, 4.69) is 33.9 Å². The van der Waals surface area contributed by atoms with Crippen LogP contribution in [0, 0.1) is 25.2 Å². The summed E-state index contributed by atoms with van der Waals surface area (Å²) in [5.41, 5.74) is 3.90. The minimum Gasteiger partial charge on any atom is -0.478 e. The van der Waals surface area contributed by atoms with Gasteiger partial charge >= 0.3 is 5.97 Å². The number of rotatable bonds is 7. The van der Waals surface area contributed by atoms with Crippen molar-refractivity contribution in [2.45, 2.75) is 33.7 Å². The molecule has 0 amide bonds. The SMILES string of the molecule is C=C(Br)/C=C\C(NC(C)c1cc(C)cc2c(=O)c(C)c(-c3cccc(C#N)c3)oc12)=C(/C)C(=O)O. The zero-order valence-corrected chi connectivity index (χ0v) is 21.5. The summed E-state index contributed by atoms with van der Waals surface area (Å²) < 4.78 is 6.92. The fourth-order valence-electron chi connectivity index (χ4n) is 3.78. The molecule has 1 atom stereocenters. The maximum Gasteiger partial charge on any atom is 0.333 e. The molecule has 1 heterocycles. The summed E-state index contributed by atoms with van der Waals surface area (Å²) in [6.07, 6.45) is 3.29. The number of benzene rings is 2. The summed E-state index contributed by atoms with van der Waals surface area (Å²) in [5, 5.41) is 22.5. The summed E-state index contributed by atoms with van der Waals surface area (Å²) in [6.45, 7) is 10.7. The first-order valence-electron chi connectivity index (χ1n) is 10.8. The van der Waals surface area contributed by atoms with E-state index < -0.39 is 12.0 Å². The predicted octanol–water partition coefficient (Wildman–Crippen LogP) is 6.42. The minimum atomic E-state index is -1.06. The van der Waals surface area contributed by atoms with Crippen LogP contribution in [-0.2, 0) is 4.79 Å². The lowest BCUT2D eigenvalue weighted by molar-refractivity contribution is -0.132. The molecule has 0 aliphatic carbocycles. The average Bonchev–Trinajstić information content (AvgIpc) is 2.83. The predicted molar refractivity (Wildman–Crippen MR) is 141 cm³/mol. The number of nitriles is 1. The monoisotopic (exact) mass is 532 g/mol.